The first-order chi connectivity index (χ1) is 5.70. The predicted molar refractivity (Wildman–Crippen MR) is 41.0 cm³/mol. The summed E-state index contributed by atoms with van der Waals surface area (Å²) in [6.07, 6.45) is 3.81. The molecule has 62 valence electrons. The molecule has 0 radical (unpaired) electrons. The lowest BCUT2D eigenvalue weighted by Gasteiger charge is -1.90. The van der Waals surface area contributed by atoms with E-state index in [0.29, 0.717) is 5.56 Å². The molecule has 0 saturated carbocycles. The van der Waals surface area contributed by atoms with E-state index in [2.05, 4.69) is 4.98 Å². The van der Waals surface area contributed by atoms with E-state index in [4.69, 9.17) is 5.11 Å². The highest BCUT2D eigenvalue weighted by Gasteiger charge is 2.03. The Labute approximate surface area is 68.2 Å². The maximum Gasteiger partial charge on any atom is 0.364 e. The normalized spacial score (nSPS) is 11.2. The topological polar surface area (TPSA) is 50.2 Å². The Bertz CT molecular complexity index is 308. The van der Waals surface area contributed by atoms with Crippen LogP contribution in [0.4, 0.5) is 4.39 Å². The second kappa shape index (κ2) is 3.61. The van der Waals surface area contributed by atoms with E-state index in [1.165, 1.54) is 12.4 Å². The number of pyridine rings is 1. The van der Waals surface area contributed by atoms with Crippen LogP contribution in [0.25, 0.3) is 6.08 Å². The summed E-state index contributed by atoms with van der Waals surface area (Å²) in [4.78, 5) is 13.7. The molecule has 0 aliphatic rings. The standard InChI is InChI=1S/C8H6FNO2/c9-7(8(11)12)4-6-2-1-3-10-5-6/h1-5H,(H,11,12)/b7-4+. The second-order valence-corrected chi connectivity index (χ2v) is 2.08. The smallest absolute Gasteiger partial charge is 0.364 e. The molecule has 3 nitrogen and oxygen atoms in total. The molecule has 1 aromatic rings. The molecular weight excluding hydrogens is 161 g/mol. The molecule has 0 fully saturated rings. The zero-order valence-corrected chi connectivity index (χ0v) is 6.07. The van der Waals surface area contributed by atoms with Crippen molar-refractivity contribution in [3.63, 3.8) is 0 Å². The number of halogens is 1. The van der Waals surface area contributed by atoms with Gasteiger partial charge in [-0.25, -0.2) is 4.79 Å². The molecule has 0 saturated heterocycles. The number of aromatic nitrogens is 1. The van der Waals surface area contributed by atoms with Gasteiger partial charge in [0.2, 0.25) is 5.83 Å². The molecule has 0 aliphatic carbocycles. The number of hydrogen-bond acceptors (Lipinski definition) is 2. The fourth-order valence-corrected chi connectivity index (χ4v) is 0.669. The molecule has 0 unspecified atom stereocenters. The Morgan fingerprint density at radius 1 is 1.67 bits per heavy atom. The molecule has 1 heterocycles. The van der Waals surface area contributed by atoms with Gasteiger partial charge in [0, 0.05) is 12.4 Å². The van der Waals surface area contributed by atoms with Crippen LogP contribution in [0.15, 0.2) is 30.4 Å². The van der Waals surface area contributed by atoms with Crippen molar-refractivity contribution >= 4 is 12.0 Å². The Kier molecular flexibility index (Phi) is 2.53. The van der Waals surface area contributed by atoms with E-state index < -0.39 is 11.8 Å². The summed E-state index contributed by atoms with van der Waals surface area (Å²) >= 11 is 0. The van der Waals surface area contributed by atoms with Crippen LogP contribution >= 0.6 is 0 Å². The van der Waals surface area contributed by atoms with Gasteiger partial charge < -0.3 is 5.11 Å². The van der Waals surface area contributed by atoms with Crippen molar-refractivity contribution < 1.29 is 14.3 Å². The highest BCUT2D eigenvalue weighted by atomic mass is 19.1. The SMILES string of the molecule is O=C(O)/C(F)=C\c1cccnc1. The zero-order valence-electron chi connectivity index (χ0n) is 6.07. The minimum Gasteiger partial charge on any atom is -0.476 e. The van der Waals surface area contributed by atoms with Crippen LogP contribution in [-0.2, 0) is 4.79 Å². The largest absolute Gasteiger partial charge is 0.476 e. The summed E-state index contributed by atoms with van der Waals surface area (Å²) in [5.74, 6) is -2.76. The molecule has 4 heteroatoms. The lowest BCUT2D eigenvalue weighted by molar-refractivity contribution is -0.134. The summed E-state index contributed by atoms with van der Waals surface area (Å²) in [5.41, 5.74) is 0.428. The lowest BCUT2D eigenvalue weighted by Crippen LogP contribution is -1.93. The maximum atomic E-state index is 12.4. The molecule has 1 aromatic heterocycles. The Morgan fingerprint density at radius 2 is 2.42 bits per heavy atom. The molecule has 0 spiro atoms. The molecule has 1 rings (SSSR count). The van der Waals surface area contributed by atoms with Gasteiger partial charge in [-0.1, -0.05) is 6.07 Å². The molecule has 0 bridgehead atoms. The van der Waals surface area contributed by atoms with Gasteiger partial charge in [-0.2, -0.15) is 4.39 Å². The fourth-order valence-electron chi connectivity index (χ4n) is 0.669. The maximum absolute atomic E-state index is 12.4. The Morgan fingerprint density at radius 3 is 2.92 bits per heavy atom. The number of rotatable bonds is 2. The van der Waals surface area contributed by atoms with Crippen LogP contribution in [0.5, 0.6) is 0 Å². The van der Waals surface area contributed by atoms with E-state index >= 15 is 0 Å². The third kappa shape index (κ3) is 2.16. The van der Waals surface area contributed by atoms with Crippen LogP contribution in [0.1, 0.15) is 5.56 Å². The van der Waals surface area contributed by atoms with Crippen molar-refractivity contribution in [1.82, 2.24) is 4.98 Å². The number of carboxylic acids is 1. The molecule has 0 amide bonds. The van der Waals surface area contributed by atoms with Crippen molar-refractivity contribution in [3.8, 4) is 0 Å². The van der Waals surface area contributed by atoms with Crippen LogP contribution in [0, 0.1) is 0 Å². The molecule has 0 aromatic carbocycles. The van der Waals surface area contributed by atoms with Gasteiger partial charge >= 0.3 is 5.97 Å². The Balaban J connectivity index is 2.89. The summed E-state index contributed by atoms with van der Waals surface area (Å²) < 4.78 is 12.4. The van der Waals surface area contributed by atoms with Crippen LogP contribution in [0.2, 0.25) is 0 Å². The summed E-state index contributed by atoms with van der Waals surface area (Å²) in [7, 11) is 0. The summed E-state index contributed by atoms with van der Waals surface area (Å²) in [5, 5.41) is 8.18. The lowest BCUT2D eigenvalue weighted by atomic mass is 10.2. The van der Waals surface area contributed by atoms with E-state index in [1.54, 1.807) is 12.1 Å². The number of nitrogens with zero attached hydrogens (tertiary/aromatic N) is 1. The monoisotopic (exact) mass is 167 g/mol. The van der Waals surface area contributed by atoms with Crippen molar-refractivity contribution in [2.75, 3.05) is 0 Å². The minimum absolute atomic E-state index is 0.428. The van der Waals surface area contributed by atoms with Gasteiger partial charge in [0.15, 0.2) is 0 Å². The van der Waals surface area contributed by atoms with Crippen molar-refractivity contribution in [1.29, 1.82) is 0 Å². The van der Waals surface area contributed by atoms with Gasteiger partial charge in [-0.05, 0) is 17.7 Å². The highest BCUT2D eigenvalue weighted by molar-refractivity contribution is 5.89. The van der Waals surface area contributed by atoms with E-state index in [-0.39, 0.29) is 0 Å². The molecule has 1 N–H and O–H groups in total. The van der Waals surface area contributed by atoms with Gasteiger partial charge in [0.25, 0.3) is 0 Å². The summed E-state index contributed by atoms with van der Waals surface area (Å²) in [6, 6.07) is 3.16. The third-order valence-electron chi connectivity index (χ3n) is 1.18. The number of aliphatic carboxylic acids is 1. The number of carboxylic acid groups (broad SMARTS) is 1. The van der Waals surface area contributed by atoms with Gasteiger partial charge in [-0.15, -0.1) is 0 Å². The van der Waals surface area contributed by atoms with Crippen molar-refractivity contribution in [2.24, 2.45) is 0 Å². The van der Waals surface area contributed by atoms with E-state index in [1.807, 2.05) is 0 Å². The molecule has 0 aliphatic heterocycles. The predicted octanol–water partition coefficient (Wildman–Crippen LogP) is 1.48. The first-order valence-electron chi connectivity index (χ1n) is 3.20. The Hall–Kier alpha value is -1.71. The molecule has 12 heavy (non-hydrogen) atoms. The average Bonchev–Trinajstić information content (AvgIpc) is 2.06. The fraction of sp³-hybridized carbons (Fsp3) is 0. The van der Waals surface area contributed by atoms with Crippen molar-refractivity contribution in [3.05, 3.63) is 35.9 Å². The average molecular weight is 167 g/mol. The van der Waals surface area contributed by atoms with Crippen LogP contribution in [-0.4, -0.2) is 16.1 Å². The number of carbonyl (C=O) groups is 1. The summed E-state index contributed by atoms with van der Waals surface area (Å²) in [6.45, 7) is 0. The first kappa shape index (κ1) is 8.39. The van der Waals surface area contributed by atoms with E-state index in [9.17, 15) is 9.18 Å². The van der Waals surface area contributed by atoms with E-state index in [0.717, 1.165) is 6.08 Å². The highest BCUT2D eigenvalue weighted by Crippen LogP contribution is 2.05. The molecular formula is C8H6FNO2. The van der Waals surface area contributed by atoms with Gasteiger partial charge in [-0.3, -0.25) is 4.98 Å². The number of hydrogen-bond donors (Lipinski definition) is 1. The van der Waals surface area contributed by atoms with Crippen LogP contribution < -0.4 is 0 Å². The quantitative estimate of drug-likeness (QED) is 0.678. The van der Waals surface area contributed by atoms with Gasteiger partial charge in [0.1, 0.15) is 0 Å². The zero-order chi connectivity index (χ0) is 8.97. The minimum atomic E-state index is -1.57. The third-order valence-corrected chi connectivity index (χ3v) is 1.18. The van der Waals surface area contributed by atoms with Crippen LogP contribution in [0.3, 0.4) is 0 Å². The van der Waals surface area contributed by atoms with Gasteiger partial charge in [0.05, 0.1) is 0 Å². The first-order valence-corrected chi connectivity index (χ1v) is 3.20. The second-order valence-electron chi connectivity index (χ2n) is 2.08. The van der Waals surface area contributed by atoms with Crippen molar-refractivity contribution in [2.45, 2.75) is 0 Å². The molecule has 0 atom stereocenters.